The predicted octanol–water partition coefficient (Wildman–Crippen LogP) is 3.23. The lowest BCUT2D eigenvalue weighted by atomic mass is 9.95. The predicted molar refractivity (Wildman–Crippen MR) is 96.5 cm³/mol. The number of amidine groups is 1. The van der Waals surface area contributed by atoms with E-state index >= 15 is 0 Å². The maximum absolute atomic E-state index is 6.25. The Balaban J connectivity index is 1.76. The first-order valence-corrected chi connectivity index (χ1v) is 8.83. The van der Waals surface area contributed by atoms with E-state index in [4.69, 9.17) is 9.73 Å². The van der Waals surface area contributed by atoms with Crippen LogP contribution in [0.1, 0.15) is 0 Å². The van der Waals surface area contributed by atoms with Crippen LogP contribution in [0.5, 0.6) is 5.75 Å². The summed E-state index contributed by atoms with van der Waals surface area (Å²) < 4.78 is 7.27. The van der Waals surface area contributed by atoms with Crippen LogP contribution in [0.3, 0.4) is 0 Å². The number of nitrogens with zero attached hydrogens (tertiary/aromatic N) is 3. The van der Waals surface area contributed by atoms with Gasteiger partial charge in [0.05, 0.1) is 5.92 Å². The first-order valence-electron chi connectivity index (χ1n) is 8.04. The van der Waals surface area contributed by atoms with Gasteiger partial charge in [-0.25, -0.2) is 4.99 Å². The fourth-order valence-corrected chi connectivity index (χ4v) is 3.62. The van der Waals surface area contributed by atoms with Crippen molar-refractivity contribution in [3.8, 4) is 5.75 Å². The molecule has 5 heteroatoms. The molecule has 2 aliphatic heterocycles. The second kappa shape index (κ2) is 6.13. The van der Waals surface area contributed by atoms with Crippen molar-refractivity contribution < 1.29 is 4.74 Å². The molecule has 0 bridgehead atoms. The van der Waals surface area contributed by atoms with Gasteiger partial charge in [0, 0.05) is 30.7 Å². The van der Waals surface area contributed by atoms with Crippen LogP contribution < -0.4 is 4.74 Å². The Morgan fingerprint density at radius 1 is 1.13 bits per heavy atom. The van der Waals surface area contributed by atoms with Gasteiger partial charge in [-0.15, -0.1) is 0 Å². The molecule has 2 atom stereocenters. The Hall–Kier alpha value is -1.59. The number of allylic oxidation sites excluding steroid dienone is 2. The lowest BCUT2D eigenvalue weighted by Crippen LogP contribution is -2.50. The third-order valence-corrected chi connectivity index (χ3v) is 5.12. The Morgan fingerprint density at radius 2 is 1.91 bits per heavy atom. The molecule has 1 saturated heterocycles. The largest absolute Gasteiger partial charge is 0.483 e. The molecule has 4 rings (SSSR count). The molecule has 4 nitrogen and oxygen atoms in total. The minimum Gasteiger partial charge on any atom is -0.483 e. The molecule has 0 aromatic heterocycles. The van der Waals surface area contributed by atoms with Crippen molar-refractivity contribution >= 4 is 27.5 Å². The Labute approximate surface area is 145 Å². The highest BCUT2D eigenvalue weighted by atomic mass is 79.9. The monoisotopic (exact) mass is 373 g/mol. The molecule has 2 unspecified atom stereocenters. The van der Waals surface area contributed by atoms with Gasteiger partial charge in [-0.2, -0.15) is 0 Å². The zero-order valence-electron chi connectivity index (χ0n) is 13.2. The van der Waals surface area contributed by atoms with E-state index in [1.807, 2.05) is 18.2 Å². The molecule has 1 aromatic carbocycles. The summed E-state index contributed by atoms with van der Waals surface area (Å²) in [6, 6.07) is 6.04. The van der Waals surface area contributed by atoms with Crippen LogP contribution in [0, 0.1) is 5.92 Å². The number of piperazine rings is 1. The van der Waals surface area contributed by atoms with Crippen molar-refractivity contribution in [2.75, 3.05) is 33.2 Å². The number of hydrogen-bond acceptors (Lipinski definition) is 4. The standard InChI is InChI=1S/C18H20BrN3O/c1-21-8-10-22(11-9-21)18-14-4-2-3-5-16(14)23-17-7-6-13(19)12-15(17)20-18/h2-7,12,14,16H,8-11H2,1H3. The number of fused-ring (bicyclic) bond motifs is 2. The minimum absolute atomic E-state index is 0.0147. The third-order valence-electron chi connectivity index (χ3n) is 4.63. The second-order valence-electron chi connectivity index (χ2n) is 6.25. The van der Waals surface area contributed by atoms with E-state index in [0.29, 0.717) is 0 Å². The smallest absolute Gasteiger partial charge is 0.146 e. The first kappa shape index (κ1) is 15.0. The maximum atomic E-state index is 6.25. The fraction of sp³-hybridized carbons (Fsp3) is 0.389. The van der Waals surface area contributed by atoms with Crippen LogP contribution >= 0.6 is 15.9 Å². The van der Waals surface area contributed by atoms with E-state index in [0.717, 1.165) is 47.9 Å². The van der Waals surface area contributed by atoms with Crippen LogP contribution in [0.15, 0.2) is 52.0 Å². The van der Waals surface area contributed by atoms with Crippen molar-refractivity contribution in [1.29, 1.82) is 0 Å². The number of hydrogen-bond donors (Lipinski definition) is 0. The molecule has 2 heterocycles. The molecule has 3 aliphatic rings. The van der Waals surface area contributed by atoms with Crippen LogP contribution in [-0.4, -0.2) is 55.0 Å². The lowest BCUT2D eigenvalue weighted by Gasteiger charge is -2.37. The molecule has 0 N–H and O–H groups in total. The number of halogens is 1. The first-order chi connectivity index (χ1) is 11.2. The van der Waals surface area contributed by atoms with E-state index in [1.165, 1.54) is 0 Å². The van der Waals surface area contributed by atoms with Gasteiger partial charge < -0.3 is 14.5 Å². The van der Waals surface area contributed by atoms with E-state index in [9.17, 15) is 0 Å². The minimum atomic E-state index is 0.0147. The number of ether oxygens (including phenoxy) is 1. The zero-order valence-corrected chi connectivity index (χ0v) is 14.7. The normalized spacial score (nSPS) is 26.9. The summed E-state index contributed by atoms with van der Waals surface area (Å²) in [4.78, 5) is 9.80. The quantitative estimate of drug-likeness (QED) is 0.698. The number of rotatable bonds is 0. The fourth-order valence-electron chi connectivity index (χ4n) is 3.27. The van der Waals surface area contributed by atoms with Crippen molar-refractivity contribution in [3.63, 3.8) is 0 Å². The van der Waals surface area contributed by atoms with Crippen molar-refractivity contribution in [1.82, 2.24) is 9.80 Å². The van der Waals surface area contributed by atoms with Crippen LogP contribution in [0.4, 0.5) is 5.69 Å². The second-order valence-corrected chi connectivity index (χ2v) is 7.17. The molecule has 0 saturated carbocycles. The number of benzene rings is 1. The summed E-state index contributed by atoms with van der Waals surface area (Å²) >= 11 is 3.54. The summed E-state index contributed by atoms with van der Waals surface area (Å²) in [5, 5.41) is 0. The van der Waals surface area contributed by atoms with Gasteiger partial charge in [-0.1, -0.05) is 34.2 Å². The van der Waals surface area contributed by atoms with Gasteiger partial charge in [0.25, 0.3) is 0 Å². The molecule has 1 aliphatic carbocycles. The highest BCUT2D eigenvalue weighted by molar-refractivity contribution is 9.10. The number of likely N-dealkylation sites (N-methyl/N-ethyl adjacent to an activating group) is 1. The topological polar surface area (TPSA) is 28.1 Å². The molecular weight excluding hydrogens is 354 g/mol. The van der Waals surface area contributed by atoms with Crippen LogP contribution in [-0.2, 0) is 0 Å². The highest BCUT2D eigenvalue weighted by Gasteiger charge is 2.33. The molecule has 1 aromatic rings. The maximum Gasteiger partial charge on any atom is 0.146 e. The molecule has 0 spiro atoms. The summed E-state index contributed by atoms with van der Waals surface area (Å²) in [6.07, 6.45) is 8.52. The van der Waals surface area contributed by atoms with Gasteiger partial charge in [0.2, 0.25) is 0 Å². The van der Waals surface area contributed by atoms with E-state index in [2.05, 4.69) is 57.1 Å². The molecule has 1 fully saturated rings. The van der Waals surface area contributed by atoms with E-state index < -0.39 is 0 Å². The Bertz CT molecular complexity index is 690. The van der Waals surface area contributed by atoms with E-state index in [1.54, 1.807) is 0 Å². The number of aliphatic imine (C=N–C) groups is 1. The SMILES string of the molecule is CN1CCN(C2=Nc3cc(Br)ccc3OC3C=CC=CC23)CC1. The molecule has 0 radical (unpaired) electrons. The van der Waals surface area contributed by atoms with Crippen LogP contribution in [0.25, 0.3) is 0 Å². The summed E-state index contributed by atoms with van der Waals surface area (Å²) in [5.74, 6) is 2.16. The molecular formula is C18H20BrN3O. The average molecular weight is 374 g/mol. The molecule has 23 heavy (non-hydrogen) atoms. The zero-order chi connectivity index (χ0) is 15.8. The van der Waals surface area contributed by atoms with Gasteiger partial charge >= 0.3 is 0 Å². The average Bonchev–Trinajstić information content (AvgIpc) is 2.72. The van der Waals surface area contributed by atoms with Gasteiger partial charge in [-0.3, -0.25) is 0 Å². The molecule has 0 amide bonds. The van der Waals surface area contributed by atoms with Crippen molar-refractivity contribution in [2.45, 2.75) is 6.10 Å². The van der Waals surface area contributed by atoms with Gasteiger partial charge in [0.1, 0.15) is 23.4 Å². The summed E-state index contributed by atoms with van der Waals surface area (Å²) in [5.41, 5.74) is 0.907. The van der Waals surface area contributed by atoms with E-state index in [-0.39, 0.29) is 12.0 Å². The summed E-state index contributed by atoms with van der Waals surface area (Å²) in [6.45, 7) is 4.17. The highest BCUT2D eigenvalue weighted by Crippen LogP contribution is 2.37. The summed E-state index contributed by atoms with van der Waals surface area (Å²) in [7, 11) is 2.17. The lowest BCUT2D eigenvalue weighted by molar-refractivity contribution is 0.194. The third kappa shape index (κ3) is 2.95. The molecule has 120 valence electrons. The van der Waals surface area contributed by atoms with Gasteiger partial charge in [-0.05, 0) is 31.3 Å². The Morgan fingerprint density at radius 3 is 2.74 bits per heavy atom. The van der Waals surface area contributed by atoms with Crippen molar-refractivity contribution in [2.24, 2.45) is 10.9 Å². The Kier molecular flexibility index (Phi) is 3.99. The van der Waals surface area contributed by atoms with Crippen LogP contribution in [0.2, 0.25) is 0 Å². The van der Waals surface area contributed by atoms with Crippen molar-refractivity contribution in [3.05, 3.63) is 47.0 Å². The van der Waals surface area contributed by atoms with Gasteiger partial charge in [0.15, 0.2) is 0 Å².